The Morgan fingerprint density at radius 3 is 2.46 bits per heavy atom. The normalized spacial score (nSPS) is 12.0. The van der Waals surface area contributed by atoms with Crippen LogP contribution in [-0.2, 0) is 16.0 Å². The van der Waals surface area contributed by atoms with Crippen molar-refractivity contribution >= 4 is 5.97 Å². The predicted octanol–water partition coefficient (Wildman–Crippen LogP) is 5.23. The maximum Gasteiger partial charge on any atom is 0.314 e. The molecule has 0 amide bonds. The van der Waals surface area contributed by atoms with E-state index in [0.717, 1.165) is 50.0 Å². The summed E-state index contributed by atoms with van der Waals surface area (Å²) in [6.07, 6.45) is 9.84. The van der Waals surface area contributed by atoms with Gasteiger partial charge in [0.15, 0.2) is 5.82 Å². The van der Waals surface area contributed by atoms with Gasteiger partial charge in [-0.2, -0.15) is 0 Å². The number of unbranched alkanes of at least 4 members (excludes halogenated alkanes) is 2. The molecule has 5 nitrogen and oxygen atoms in total. The summed E-state index contributed by atoms with van der Waals surface area (Å²) in [5, 5.41) is 0. The second-order valence-electron chi connectivity index (χ2n) is 7.06. The average Bonchev–Trinajstić information content (AvgIpc) is 2.73. The number of ether oxygens (including phenoxy) is 2. The molecule has 1 aromatic carbocycles. The number of hydrogen-bond acceptors (Lipinski definition) is 5. The highest BCUT2D eigenvalue weighted by Crippen LogP contribution is 2.28. The molecule has 1 heterocycles. The van der Waals surface area contributed by atoms with Gasteiger partial charge in [-0.05, 0) is 43.4 Å². The fourth-order valence-corrected chi connectivity index (χ4v) is 2.67. The fourth-order valence-electron chi connectivity index (χ4n) is 2.67. The Morgan fingerprint density at radius 2 is 1.75 bits per heavy atom. The van der Waals surface area contributed by atoms with Crippen LogP contribution in [0.5, 0.6) is 5.75 Å². The van der Waals surface area contributed by atoms with Crippen LogP contribution >= 0.6 is 0 Å². The highest BCUT2D eigenvalue weighted by Gasteiger charge is 2.16. The number of aryl methyl sites for hydroxylation is 1. The van der Waals surface area contributed by atoms with Crippen molar-refractivity contribution < 1.29 is 14.3 Å². The number of hydrogen-bond donors (Lipinski definition) is 0. The molecule has 28 heavy (non-hydrogen) atoms. The highest BCUT2D eigenvalue weighted by molar-refractivity contribution is 5.77. The van der Waals surface area contributed by atoms with Crippen molar-refractivity contribution in [2.75, 3.05) is 13.2 Å². The minimum absolute atomic E-state index is 0.138. The van der Waals surface area contributed by atoms with Crippen LogP contribution in [0.2, 0.25) is 0 Å². The summed E-state index contributed by atoms with van der Waals surface area (Å²) in [5.41, 5.74) is 1.81. The maximum atomic E-state index is 12.1. The molecule has 152 valence electrons. The number of carbonyl (C=O) groups is 1. The number of rotatable bonds is 12. The van der Waals surface area contributed by atoms with Gasteiger partial charge in [0.25, 0.3) is 0 Å². The zero-order chi connectivity index (χ0) is 20.2. The first-order chi connectivity index (χ1) is 13.7. The molecule has 0 spiro atoms. The summed E-state index contributed by atoms with van der Waals surface area (Å²) in [6, 6.07) is 7.39. The topological polar surface area (TPSA) is 61.3 Å². The van der Waals surface area contributed by atoms with Gasteiger partial charge in [-0.15, -0.1) is 0 Å². The van der Waals surface area contributed by atoms with Crippen molar-refractivity contribution in [2.24, 2.45) is 5.92 Å². The highest BCUT2D eigenvalue weighted by atomic mass is 16.5. The van der Waals surface area contributed by atoms with Crippen LogP contribution < -0.4 is 4.74 Å². The molecule has 1 atom stereocenters. The van der Waals surface area contributed by atoms with Crippen molar-refractivity contribution in [2.45, 2.75) is 59.3 Å². The van der Waals surface area contributed by atoms with Crippen LogP contribution in [0.3, 0.4) is 0 Å². The van der Waals surface area contributed by atoms with Crippen LogP contribution in [0.25, 0.3) is 11.4 Å². The summed E-state index contributed by atoms with van der Waals surface area (Å²) in [4.78, 5) is 21.1. The minimum atomic E-state index is -0.231. The van der Waals surface area contributed by atoms with Gasteiger partial charge in [0, 0.05) is 25.6 Å². The molecule has 0 saturated carbocycles. The molecule has 0 saturated heterocycles. The molecular formula is C23H32N2O3. The van der Waals surface area contributed by atoms with E-state index >= 15 is 0 Å². The molecule has 0 aliphatic carbocycles. The Bertz CT molecular complexity index is 716. The van der Waals surface area contributed by atoms with Crippen molar-refractivity contribution in [3.63, 3.8) is 0 Å². The van der Waals surface area contributed by atoms with Gasteiger partial charge in [-0.1, -0.05) is 45.7 Å². The molecule has 2 aromatic rings. The van der Waals surface area contributed by atoms with Crippen molar-refractivity contribution in [3.05, 3.63) is 42.2 Å². The lowest BCUT2D eigenvalue weighted by Gasteiger charge is -2.12. The van der Waals surface area contributed by atoms with E-state index in [0.29, 0.717) is 11.6 Å². The second kappa shape index (κ2) is 12.2. The third-order valence-corrected chi connectivity index (χ3v) is 4.70. The van der Waals surface area contributed by atoms with Crippen LogP contribution in [0.15, 0.2) is 36.7 Å². The largest absolute Gasteiger partial charge is 0.426 e. The van der Waals surface area contributed by atoms with Crippen molar-refractivity contribution in [1.29, 1.82) is 0 Å². The Labute approximate surface area is 168 Å². The summed E-state index contributed by atoms with van der Waals surface area (Å²) in [5.74, 6) is 0.694. The molecule has 0 N–H and O–H groups in total. The first-order valence-electron chi connectivity index (χ1n) is 10.4. The molecule has 0 fully saturated rings. The first kappa shape index (κ1) is 22.0. The van der Waals surface area contributed by atoms with E-state index in [1.807, 2.05) is 44.4 Å². The van der Waals surface area contributed by atoms with E-state index < -0.39 is 0 Å². The molecule has 0 radical (unpaired) electrons. The summed E-state index contributed by atoms with van der Waals surface area (Å²) < 4.78 is 11.2. The lowest BCUT2D eigenvalue weighted by atomic mass is 10.1. The number of para-hydroxylation sites is 1. The van der Waals surface area contributed by atoms with Gasteiger partial charge in [0.2, 0.25) is 0 Å². The zero-order valence-corrected chi connectivity index (χ0v) is 17.3. The standard InChI is InChI=1S/C23H32N2O3/c1-4-6-9-14-27-15-10-11-19-16-24-22(25-17-19)20-12-7-8-13-21(20)28-23(26)18(3)5-2/h7-8,12-13,16-18H,4-6,9-11,14-15H2,1-3H3. The summed E-state index contributed by atoms with van der Waals surface area (Å²) in [7, 11) is 0. The Hall–Kier alpha value is -2.27. The zero-order valence-electron chi connectivity index (χ0n) is 17.3. The van der Waals surface area contributed by atoms with E-state index in [-0.39, 0.29) is 11.9 Å². The predicted molar refractivity (Wildman–Crippen MR) is 111 cm³/mol. The minimum Gasteiger partial charge on any atom is -0.426 e. The van der Waals surface area contributed by atoms with E-state index in [1.54, 1.807) is 6.07 Å². The third-order valence-electron chi connectivity index (χ3n) is 4.70. The Morgan fingerprint density at radius 1 is 1.04 bits per heavy atom. The molecule has 2 rings (SSSR count). The van der Waals surface area contributed by atoms with Crippen LogP contribution in [0.1, 0.15) is 58.4 Å². The lowest BCUT2D eigenvalue weighted by molar-refractivity contribution is -0.138. The monoisotopic (exact) mass is 384 g/mol. The molecule has 5 heteroatoms. The molecule has 0 bridgehead atoms. The maximum absolute atomic E-state index is 12.1. The van der Waals surface area contributed by atoms with Gasteiger partial charge in [0.1, 0.15) is 5.75 Å². The SMILES string of the molecule is CCCCCOCCCc1cnc(-c2ccccc2OC(=O)C(C)CC)nc1. The van der Waals surface area contributed by atoms with Crippen LogP contribution in [0.4, 0.5) is 0 Å². The van der Waals surface area contributed by atoms with Gasteiger partial charge in [0.05, 0.1) is 11.5 Å². The van der Waals surface area contributed by atoms with Gasteiger partial charge < -0.3 is 9.47 Å². The number of carbonyl (C=O) groups excluding carboxylic acids is 1. The Kier molecular flexibility index (Phi) is 9.63. The molecule has 0 aliphatic rings. The molecule has 1 unspecified atom stereocenters. The van der Waals surface area contributed by atoms with E-state index in [2.05, 4.69) is 16.9 Å². The third kappa shape index (κ3) is 7.04. The van der Waals surface area contributed by atoms with Crippen molar-refractivity contribution in [3.8, 4) is 17.1 Å². The number of benzene rings is 1. The van der Waals surface area contributed by atoms with Gasteiger partial charge in [-0.3, -0.25) is 4.79 Å². The van der Waals surface area contributed by atoms with E-state index in [9.17, 15) is 4.79 Å². The number of esters is 1. The van der Waals surface area contributed by atoms with Gasteiger partial charge in [-0.25, -0.2) is 9.97 Å². The average molecular weight is 385 g/mol. The fraction of sp³-hybridized carbons (Fsp3) is 0.522. The van der Waals surface area contributed by atoms with Crippen LogP contribution in [0, 0.1) is 5.92 Å². The number of nitrogens with zero attached hydrogens (tertiary/aromatic N) is 2. The smallest absolute Gasteiger partial charge is 0.314 e. The summed E-state index contributed by atoms with van der Waals surface area (Å²) >= 11 is 0. The quantitative estimate of drug-likeness (QED) is 0.285. The number of aromatic nitrogens is 2. The Balaban J connectivity index is 1.92. The lowest BCUT2D eigenvalue weighted by Crippen LogP contribution is -2.17. The van der Waals surface area contributed by atoms with Crippen LogP contribution in [-0.4, -0.2) is 29.2 Å². The van der Waals surface area contributed by atoms with E-state index in [1.165, 1.54) is 12.8 Å². The first-order valence-corrected chi connectivity index (χ1v) is 10.4. The summed E-state index contributed by atoms with van der Waals surface area (Å²) in [6.45, 7) is 7.63. The van der Waals surface area contributed by atoms with Gasteiger partial charge >= 0.3 is 5.97 Å². The molecule has 0 aliphatic heterocycles. The van der Waals surface area contributed by atoms with Crippen molar-refractivity contribution in [1.82, 2.24) is 9.97 Å². The second-order valence-corrected chi connectivity index (χ2v) is 7.06. The van der Waals surface area contributed by atoms with E-state index in [4.69, 9.17) is 9.47 Å². The molecule has 1 aromatic heterocycles. The molecular weight excluding hydrogens is 352 g/mol.